The number of rotatable bonds is 6. The number of thiophene rings is 1. The lowest BCUT2D eigenvalue weighted by atomic mass is 10.0. The number of benzene rings is 1. The van der Waals surface area contributed by atoms with E-state index in [2.05, 4.69) is 41.2 Å². The van der Waals surface area contributed by atoms with Crippen LogP contribution in [-0.4, -0.2) is 6.54 Å². The van der Waals surface area contributed by atoms with Gasteiger partial charge in [0.15, 0.2) is 0 Å². The summed E-state index contributed by atoms with van der Waals surface area (Å²) in [6.07, 6.45) is 1.90. The second-order valence-corrected chi connectivity index (χ2v) is 7.04. The molecule has 0 fully saturated rings. The Morgan fingerprint density at radius 2 is 2.15 bits per heavy atom. The maximum absolute atomic E-state index is 13.3. The Balaban J connectivity index is 2.19. The summed E-state index contributed by atoms with van der Waals surface area (Å²) in [5.74, 6) is -0.166. The van der Waals surface area contributed by atoms with Gasteiger partial charge in [-0.15, -0.1) is 11.3 Å². The van der Waals surface area contributed by atoms with E-state index in [1.165, 1.54) is 15.8 Å². The van der Waals surface area contributed by atoms with Gasteiger partial charge < -0.3 is 5.32 Å². The summed E-state index contributed by atoms with van der Waals surface area (Å²) in [4.78, 5) is 2.58. The van der Waals surface area contributed by atoms with Crippen molar-refractivity contribution in [1.29, 1.82) is 0 Å². The molecule has 0 saturated carbocycles. The van der Waals surface area contributed by atoms with E-state index in [9.17, 15) is 4.39 Å². The first kappa shape index (κ1) is 15.7. The first-order valence-electron chi connectivity index (χ1n) is 6.83. The van der Waals surface area contributed by atoms with E-state index in [1.807, 2.05) is 6.07 Å². The molecule has 108 valence electrons. The molecule has 0 radical (unpaired) electrons. The molecule has 20 heavy (non-hydrogen) atoms. The molecule has 1 heterocycles. The van der Waals surface area contributed by atoms with E-state index >= 15 is 0 Å². The zero-order valence-corrected chi connectivity index (χ0v) is 14.2. The molecule has 0 saturated heterocycles. The predicted octanol–water partition coefficient (Wildman–Crippen LogP) is 5.24. The van der Waals surface area contributed by atoms with E-state index < -0.39 is 0 Å². The average Bonchev–Trinajstić information content (AvgIpc) is 2.74. The molecule has 1 unspecified atom stereocenters. The van der Waals surface area contributed by atoms with Crippen LogP contribution in [0.15, 0.2) is 34.8 Å². The van der Waals surface area contributed by atoms with Gasteiger partial charge in [0, 0.05) is 20.3 Å². The Labute approximate surface area is 132 Å². The van der Waals surface area contributed by atoms with Gasteiger partial charge in [-0.2, -0.15) is 0 Å². The van der Waals surface area contributed by atoms with Gasteiger partial charge in [-0.05, 0) is 66.0 Å². The monoisotopic (exact) mass is 355 g/mol. The summed E-state index contributed by atoms with van der Waals surface area (Å²) in [5.41, 5.74) is 1.03. The second kappa shape index (κ2) is 7.34. The SMILES string of the molecule is CCCNC(Cc1cccc(F)c1)c1cc(Br)c(C)s1. The zero-order valence-electron chi connectivity index (χ0n) is 11.7. The van der Waals surface area contributed by atoms with Crippen LogP contribution in [0.25, 0.3) is 0 Å². The minimum absolute atomic E-state index is 0.166. The van der Waals surface area contributed by atoms with E-state index in [4.69, 9.17) is 0 Å². The smallest absolute Gasteiger partial charge is 0.123 e. The molecule has 1 aromatic heterocycles. The van der Waals surface area contributed by atoms with E-state index in [0.29, 0.717) is 0 Å². The molecular formula is C16H19BrFNS. The molecule has 0 aliphatic heterocycles. The standard InChI is InChI=1S/C16H19BrFNS/c1-3-7-19-15(16-10-14(17)11(2)20-16)9-12-5-4-6-13(18)8-12/h4-6,8,10,15,19H,3,7,9H2,1-2H3. The van der Waals surface area contributed by atoms with Crippen molar-refractivity contribution in [2.45, 2.75) is 32.7 Å². The molecule has 0 aliphatic rings. The Kier molecular flexibility index (Phi) is 5.75. The Morgan fingerprint density at radius 3 is 2.75 bits per heavy atom. The lowest BCUT2D eigenvalue weighted by molar-refractivity contribution is 0.534. The van der Waals surface area contributed by atoms with Crippen molar-refractivity contribution in [2.75, 3.05) is 6.54 Å². The van der Waals surface area contributed by atoms with Crippen LogP contribution in [0.5, 0.6) is 0 Å². The molecule has 1 N–H and O–H groups in total. The molecule has 4 heteroatoms. The summed E-state index contributed by atoms with van der Waals surface area (Å²) in [6.45, 7) is 5.23. The fourth-order valence-electron chi connectivity index (χ4n) is 2.14. The fourth-order valence-corrected chi connectivity index (χ4v) is 3.78. The second-order valence-electron chi connectivity index (χ2n) is 4.89. The minimum atomic E-state index is -0.166. The van der Waals surface area contributed by atoms with Crippen molar-refractivity contribution in [2.24, 2.45) is 0 Å². The molecule has 2 aromatic rings. The first-order valence-corrected chi connectivity index (χ1v) is 8.44. The minimum Gasteiger partial charge on any atom is -0.309 e. The largest absolute Gasteiger partial charge is 0.309 e. The van der Waals surface area contributed by atoms with E-state index in [0.717, 1.165) is 29.4 Å². The number of hydrogen-bond donors (Lipinski definition) is 1. The quantitative estimate of drug-likeness (QED) is 0.746. The van der Waals surface area contributed by atoms with Gasteiger partial charge >= 0.3 is 0 Å². The number of nitrogens with one attached hydrogen (secondary N) is 1. The number of aryl methyl sites for hydroxylation is 1. The fraction of sp³-hybridized carbons (Fsp3) is 0.375. The number of hydrogen-bond acceptors (Lipinski definition) is 2. The highest BCUT2D eigenvalue weighted by molar-refractivity contribution is 9.10. The van der Waals surface area contributed by atoms with Crippen LogP contribution < -0.4 is 5.32 Å². The Bertz CT molecular complexity index is 548. The van der Waals surface area contributed by atoms with Gasteiger partial charge in [-0.1, -0.05) is 19.1 Å². The summed E-state index contributed by atoms with van der Waals surface area (Å²) < 4.78 is 14.5. The predicted molar refractivity (Wildman–Crippen MR) is 87.9 cm³/mol. The van der Waals surface area contributed by atoms with Crippen molar-refractivity contribution in [3.8, 4) is 0 Å². The van der Waals surface area contributed by atoms with Crippen LogP contribution in [0.4, 0.5) is 4.39 Å². The maximum Gasteiger partial charge on any atom is 0.123 e. The molecule has 0 amide bonds. The first-order chi connectivity index (χ1) is 9.60. The third kappa shape index (κ3) is 4.14. The molecule has 1 aromatic carbocycles. The molecule has 2 rings (SSSR count). The van der Waals surface area contributed by atoms with Crippen LogP contribution in [0.2, 0.25) is 0 Å². The number of halogens is 2. The summed E-state index contributed by atoms with van der Waals surface area (Å²) in [6, 6.07) is 9.29. The highest BCUT2D eigenvalue weighted by Crippen LogP contribution is 2.32. The van der Waals surface area contributed by atoms with E-state index in [1.54, 1.807) is 23.5 Å². The van der Waals surface area contributed by atoms with Crippen molar-refractivity contribution in [3.63, 3.8) is 0 Å². The van der Waals surface area contributed by atoms with Crippen LogP contribution in [0.1, 0.15) is 34.7 Å². The maximum atomic E-state index is 13.3. The highest BCUT2D eigenvalue weighted by Gasteiger charge is 2.15. The van der Waals surface area contributed by atoms with Crippen molar-refractivity contribution >= 4 is 27.3 Å². The lowest BCUT2D eigenvalue weighted by Crippen LogP contribution is -2.23. The molecular weight excluding hydrogens is 337 g/mol. The van der Waals surface area contributed by atoms with Crippen molar-refractivity contribution in [1.82, 2.24) is 5.32 Å². The van der Waals surface area contributed by atoms with Gasteiger partial charge in [-0.3, -0.25) is 0 Å². The van der Waals surface area contributed by atoms with Gasteiger partial charge in [0.2, 0.25) is 0 Å². The highest BCUT2D eigenvalue weighted by atomic mass is 79.9. The Morgan fingerprint density at radius 1 is 1.35 bits per heavy atom. The van der Waals surface area contributed by atoms with E-state index in [-0.39, 0.29) is 11.9 Å². The third-order valence-corrected chi connectivity index (χ3v) is 5.44. The van der Waals surface area contributed by atoms with Crippen LogP contribution >= 0.6 is 27.3 Å². The van der Waals surface area contributed by atoms with Crippen LogP contribution in [0, 0.1) is 12.7 Å². The van der Waals surface area contributed by atoms with Crippen molar-refractivity contribution in [3.05, 3.63) is 55.9 Å². The Hall–Kier alpha value is -0.710. The molecule has 0 aliphatic carbocycles. The normalized spacial score (nSPS) is 12.6. The molecule has 0 spiro atoms. The van der Waals surface area contributed by atoms with Crippen LogP contribution in [-0.2, 0) is 6.42 Å². The van der Waals surface area contributed by atoms with Crippen molar-refractivity contribution < 1.29 is 4.39 Å². The summed E-state index contributed by atoms with van der Waals surface area (Å²) in [5, 5.41) is 3.56. The summed E-state index contributed by atoms with van der Waals surface area (Å²) in [7, 11) is 0. The average molecular weight is 356 g/mol. The van der Waals surface area contributed by atoms with Crippen LogP contribution in [0.3, 0.4) is 0 Å². The third-order valence-electron chi connectivity index (χ3n) is 3.19. The van der Waals surface area contributed by atoms with Gasteiger partial charge in [-0.25, -0.2) is 4.39 Å². The van der Waals surface area contributed by atoms with Gasteiger partial charge in [0.25, 0.3) is 0 Å². The lowest BCUT2D eigenvalue weighted by Gasteiger charge is -2.17. The molecule has 1 nitrogen and oxygen atoms in total. The summed E-state index contributed by atoms with van der Waals surface area (Å²) >= 11 is 5.37. The topological polar surface area (TPSA) is 12.0 Å². The van der Waals surface area contributed by atoms with Gasteiger partial charge in [0.05, 0.1) is 0 Å². The zero-order chi connectivity index (χ0) is 14.5. The molecule has 1 atom stereocenters. The molecule has 0 bridgehead atoms. The van der Waals surface area contributed by atoms with Gasteiger partial charge in [0.1, 0.15) is 5.82 Å².